The zero-order chi connectivity index (χ0) is 18.7. The van der Waals surface area contributed by atoms with Crippen molar-refractivity contribution in [2.45, 2.75) is 11.4 Å². The molecule has 0 bridgehead atoms. The molecule has 2 heterocycles. The van der Waals surface area contributed by atoms with Crippen molar-refractivity contribution in [2.24, 2.45) is 0 Å². The van der Waals surface area contributed by atoms with E-state index in [1.807, 2.05) is 0 Å². The summed E-state index contributed by atoms with van der Waals surface area (Å²) >= 11 is 1.16. The van der Waals surface area contributed by atoms with Gasteiger partial charge in [-0.15, -0.1) is 11.3 Å². The van der Waals surface area contributed by atoms with E-state index in [1.165, 1.54) is 18.4 Å². The molecule has 0 saturated heterocycles. The van der Waals surface area contributed by atoms with Gasteiger partial charge in [0.15, 0.2) is 5.76 Å². The number of benzene rings is 1. The summed E-state index contributed by atoms with van der Waals surface area (Å²) in [5.74, 6) is -0.0608. The van der Waals surface area contributed by atoms with Crippen molar-refractivity contribution in [1.29, 1.82) is 0 Å². The number of hydrogen-bond acceptors (Lipinski definition) is 7. The van der Waals surface area contributed by atoms with E-state index < -0.39 is 14.9 Å². The second-order valence-corrected chi connectivity index (χ2v) is 8.08. The van der Waals surface area contributed by atoms with Gasteiger partial charge in [-0.05, 0) is 36.4 Å². The van der Waals surface area contributed by atoms with Gasteiger partial charge in [-0.25, -0.2) is 13.1 Å². The molecule has 3 rings (SSSR count). The molecule has 10 heteroatoms. The third kappa shape index (κ3) is 3.87. The minimum atomic E-state index is -3.82. The molecule has 0 amide bonds. The molecule has 134 valence electrons. The van der Waals surface area contributed by atoms with Crippen LogP contribution in [0.3, 0.4) is 0 Å². The summed E-state index contributed by atoms with van der Waals surface area (Å²) in [5, 5.41) is 10.6. The number of rotatable bonds is 7. The lowest BCUT2D eigenvalue weighted by molar-refractivity contribution is -0.384. The predicted molar refractivity (Wildman–Crippen MR) is 93.6 cm³/mol. The Morgan fingerprint density at radius 1 is 1.15 bits per heavy atom. The highest BCUT2D eigenvalue weighted by Gasteiger charge is 2.18. The molecule has 1 aromatic carbocycles. The Morgan fingerprint density at radius 3 is 2.50 bits per heavy atom. The first-order valence-corrected chi connectivity index (χ1v) is 9.58. The molecule has 0 radical (unpaired) electrons. The summed E-state index contributed by atoms with van der Waals surface area (Å²) in [6.07, 6.45) is 1.40. The van der Waals surface area contributed by atoms with Crippen molar-refractivity contribution in [1.82, 2.24) is 4.72 Å². The lowest BCUT2D eigenvalue weighted by Gasteiger charge is -2.05. The monoisotopic (exact) mass is 392 g/mol. The van der Waals surface area contributed by atoms with Gasteiger partial charge < -0.3 is 4.42 Å². The van der Waals surface area contributed by atoms with E-state index in [1.54, 1.807) is 24.3 Å². The molecule has 0 unspecified atom stereocenters. The lowest BCUT2D eigenvalue weighted by atomic mass is 10.2. The van der Waals surface area contributed by atoms with Crippen LogP contribution in [0.1, 0.15) is 20.3 Å². The van der Waals surface area contributed by atoms with Crippen LogP contribution in [0.2, 0.25) is 0 Å². The largest absolute Gasteiger partial charge is 0.461 e. The topological polar surface area (TPSA) is 120 Å². The number of non-ortho nitro benzene ring substituents is 1. The van der Waals surface area contributed by atoms with E-state index in [-0.39, 0.29) is 28.7 Å². The number of nitrogens with one attached hydrogen (secondary N) is 1. The van der Waals surface area contributed by atoms with Gasteiger partial charge in [0.25, 0.3) is 5.69 Å². The number of nitro groups is 1. The second-order valence-electron chi connectivity index (χ2n) is 5.15. The molecular weight excluding hydrogens is 380 g/mol. The maximum atomic E-state index is 12.3. The summed E-state index contributed by atoms with van der Waals surface area (Å²) in [6.45, 7) is -0.00454. The normalized spacial score (nSPS) is 11.4. The molecule has 3 aromatic rings. The van der Waals surface area contributed by atoms with Crippen LogP contribution in [0.5, 0.6) is 0 Å². The Bertz CT molecular complexity index is 1040. The summed E-state index contributed by atoms with van der Waals surface area (Å²) in [5.41, 5.74) is -0.191. The third-order valence-corrected chi connectivity index (χ3v) is 5.93. The molecule has 0 fully saturated rings. The molecule has 1 N–H and O–H groups in total. The molecule has 0 atom stereocenters. The number of sulfonamides is 1. The first-order valence-electron chi connectivity index (χ1n) is 7.28. The number of thiophene rings is 1. The van der Waals surface area contributed by atoms with Gasteiger partial charge >= 0.3 is 0 Å². The van der Waals surface area contributed by atoms with Crippen LogP contribution in [-0.2, 0) is 16.6 Å². The van der Waals surface area contributed by atoms with Crippen molar-refractivity contribution in [3.05, 3.63) is 80.4 Å². The Labute approximate surface area is 152 Å². The van der Waals surface area contributed by atoms with Crippen molar-refractivity contribution >= 4 is 32.8 Å². The van der Waals surface area contributed by atoms with Crippen LogP contribution in [0.15, 0.2) is 64.1 Å². The summed E-state index contributed by atoms with van der Waals surface area (Å²) in [7, 11) is -3.82. The second kappa shape index (κ2) is 7.20. The van der Waals surface area contributed by atoms with Crippen LogP contribution >= 0.6 is 11.3 Å². The van der Waals surface area contributed by atoms with Crippen molar-refractivity contribution in [3.63, 3.8) is 0 Å². The number of nitro benzene ring substituents is 1. The fourth-order valence-corrected chi connectivity index (χ4v) is 4.11. The summed E-state index contributed by atoms with van der Waals surface area (Å²) in [6, 6.07) is 11.0. The van der Waals surface area contributed by atoms with E-state index >= 15 is 0 Å². The average molecular weight is 392 g/mol. The van der Waals surface area contributed by atoms with Crippen LogP contribution in [0.4, 0.5) is 5.69 Å². The van der Waals surface area contributed by atoms with Crippen molar-refractivity contribution in [2.75, 3.05) is 0 Å². The number of carbonyl (C=O) groups excluding carboxylic acids is 1. The van der Waals surface area contributed by atoms with Crippen LogP contribution in [0.25, 0.3) is 0 Å². The summed E-state index contributed by atoms with van der Waals surface area (Å²) in [4.78, 5) is 23.2. The SMILES string of the molecule is O=C(c1ccco1)c1ccc(CNS(=O)(=O)c2ccc([N+](=O)[O-])cc2)s1. The standard InChI is InChI=1S/C16H12N2O6S2/c19-16(14-2-1-9-24-14)15-8-5-12(25-15)10-17-26(22,23)13-6-3-11(4-7-13)18(20)21/h1-9,17H,10H2. The van der Waals surface area contributed by atoms with E-state index in [4.69, 9.17) is 4.42 Å². The Balaban J connectivity index is 1.68. The minimum absolute atomic E-state index is 0.00454. The molecule has 0 aliphatic rings. The van der Waals surface area contributed by atoms with Crippen molar-refractivity contribution < 1.29 is 22.6 Å². The molecule has 2 aromatic heterocycles. The Hall–Kier alpha value is -2.82. The quantitative estimate of drug-likeness (QED) is 0.375. The van der Waals surface area contributed by atoms with E-state index in [0.717, 1.165) is 23.5 Å². The van der Waals surface area contributed by atoms with E-state index in [2.05, 4.69) is 4.72 Å². The van der Waals surface area contributed by atoms with Gasteiger partial charge in [0, 0.05) is 23.6 Å². The molecule has 0 saturated carbocycles. The molecule has 8 nitrogen and oxygen atoms in total. The molecule has 0 aliphatic carbocycles. The maximum absolute atomic E-state index is 12.3. The van der Waals surface area contributed by atoms with Crippen LogP contribution in [0, 0.1) is 10.1 Å². The predicted octanol–water partition coefficient (Wildman–Crippen LogP) is 2.96. The number of carbonyl (C=O) groups is 1. The Morgan fingerprint density at radius 2 is 1.88 bits per heavy atom. The minimum Gasteiger partial charge on any atom is -0.461 e. The van der Waals surface area contributed by atoms with Gasteiger partial charge in [0.2, 0.25) is 15.8 Å². The molecule has 0 spiro atoms. The first kappa shape index (κ1) is 18.0. The number of furan rings is 1. The maximum Gasteiger partial charge on any atom is 0.269 e. The van der Waals surface area contributed by atoms with Crippen LogP contribution < -0.4 is 4.72 Å². The third-order valence-electron chi connectivity index (χ3n) is 3.42. The van der Waals surface area contributed by atoms with Gasteiger partial charge in [0.1, 0.15) is 0 Å². The number of hydrogen-bond donors (Lipinski definition) is 1. The Kier molecular flexibility index (Phi) is 4.98. The zero-order valence-corrected chi connectivity index (χ0v) is 14.7. The lowest BCUT2D eigenvalue weighted by Crippen LogP contribution is -2.22. The van der Waals surface area contributed by atoms with Crippen LogP contribution in [-0.4, -0.2) is 19.1 Å². The van der Waals surface area contributed by atoms with E-state index in [9.17, 15) is 23.3 Å². The molecule has 0 aliphatic heterocycles. The van der Waals surface area contributed by atoms with Gasteiger partial charge in [-0.3, -0.25) is 14.9 Å². The average Bonchev–Trinajstić information content (AvgIpc) is 3.31. The van der Waals surface area contributed by atoms with Crippen molar-refractivity contribution in [3.8, 4) is 0 Å². The highest BCUT2D eigenvalue weighted by molar-refractivity contribution is 7.89. The highest BCUT2D eigenvalue weighted by Crippen LogP contribution is 2.21. The number of nitrogens with zero attached hydrogens (tertiary/aromatic N) is 1. The van der Waals surface area contributed by atoms with E-state index in [0.29, 0.717) is 9.75 Å². The zero-order valence-electron chi connectivity index (χ0n) is 13.1. The smallest absolute Gasteiger partial charge is 0.269 e. The fraction of sp³-hybridized carbons (Fsp3) is 0.0625. The number of ketones is 1. The first-order chi connectivity index (χ1) is 12.4. The summed E-state index contributed by atoms with van der Waals surface area (Å²) < 4.78 is 32.0. The fourth-order valence-electron chi connectivity index (χ4n) is 2.12. The van der Waals surface area contributed by atoms with Gasteiger partial charge in [-0.2, -0.15) is 0 Å². The highest BCUT2D eigenvalue weighted by atomic mass is 32.2. The molecular formula is C16H12N2O6S2. The van der Waals surface area contributed by atoms with Gasteiger partial charge in [-0.1, -0.05) is 0 Å². The molecule has 26 heavy (non-hydrogen) atoms. The van der Waals surface area contributed by atoms with Gasteiger partial charge in [0.05, 0.1) is 21.0 Å².